The lowest BCUT2D eigenvalue weighted by Crippen LogP contribution is -1.96. The topological polar surface area (TPSA) is 0 Å². The summed E-state index contributed by atoms with van der Waals surface area (Å²) in [6.45, 7) is 2.27. The Morgan fingerprint density at radius 1 is 0.533 bits per heavy atom. The predicted molar refractivity (Wildman–Crippen MR) is 131 cm³/mol. The Bertz CT molecular complexity index is 1300. The monoisotopic (exact) mass is 386 g/mol. The molecular weight excluding hydrogens is 360 g/mol. The summed E-state index contributed by atoms with van der Waals surface area (Å²) in [5, 5.41) is 5.26. The van der Waals surface area contributed by atoms with E-state index in [1.165, 1.54) is 62.2 Å². The number of unbranched alkanes of at least 4 members (excludes halogenated alkanes) is 1. The van der Waals surface area contributed by atoms with Crippen molar-refractivity contribution in [1.29, 1.82) is 0 Å². The van der Waals surface area contributed by atoms with Crippen molar-refractivity contribution in [2.45, 2.75) is 26.2 Å². The zero-order valence-electron chi connectivity index (χ0n) is 17.4. The summed E-state index contributed by atoms with van der Waals surface area (Å²) in [6.07, 6.45) is 3.50. The summed E-state index contributed by atoms with van der Waals surface area (Å²) in [5.74, 6) is 0. The fraction of sp³-hybridized carbons (Fsp3) is 0.133. The molecule has 0 fully saturated rings. The molecule has 5 rings (SSSR count). The minimum absolute atomic E-state index is 1.10. The highest BCUT2D eigenvalue weighted by atomic mass is 14.2. The molecule has 0 unspecified atom stereocenters. The van der Waals surface area contributed by atoms with E-state index in [1.807, 2.05) is 0 Å². The Morgan fingerprint density at radius 2 is 1.10 bits per heavy atom. The van der Waals surface area contributed by atoms with E-state index in [4.69, 9.17) is 0 Å². The molecule has 5 aromatic carbocycles. The van der Waals surface area contributed by atoms with Gasteiger partial charge < -0.3 is 0 Å². The third kappa shape index (κ3) is 3.39. The Labute approximate surface area is 178 Å². The van der Waals surface area contributed by atoms with Gasteiger partial charge >= 0.3 is 0 Å². The molecule has 0 spiro atoms. The van der Waals surface area contributed by atoms with Gasteiger partial charge in [-0.15, -0.1) is 0 Å². The van der Waals surface area contributed by atoms with E-state index in [0.29, 0.717) is 0 Å². The van der Waals surface area contributed by atoms with Crippen LogP contribution in [0.2, 0.25) is 0 Å². The number of fused-ring (bicyclic) bond motifs is 2. The summed E-state index contributed by atoms with van der Waals surface area (Å²) in [4.78, 5) is 0. The molecule has 5 aromatic rings. The molecular formula is C30H26. The Morgan fingerprint density at radius 3 is 1.73 bits per heavy atom. The molecule has 146 valence electrons. The van der Waals surface area contributed by atoms with Crippen molar-refractivity contribution >= 4 is 21.5 Å². The summed E-state index contributed by atoms with van der Waals surface area (Å²) >= 11 is 0. The maximum Gasteiger partial charge on any atom is -0.00238 e. The first-order valence-corrected chi connectivity index (χ1v) is 10.9. The van der Waals surface area contributed by atoms with Gasteiger partial charge in [-0.3, -0.25) is 0 Å². The van der Waals surface area contributed by atoms with Crippen molar-refractivity contribution in [3.63, 3.8) is 0 Å². The van der Waals surface area contributed by atoms with Crippen LogP contribution < -0.4 is 0 Å². The minimum atomic E-state index is 1.10. The van der Waals surface area contributed by atoms with E-state index in [-0.39, 0.29) is 0 Å². The summed E-state index contributed by atoms with van der Waals surface area (Å²) < 4.78 is 0. The van der Waals surface area contributed by atoms with Crippen molar-refractivity contribution in [1.82, 2.24) is 0 Å². The van der Waals surface area contributed by atoms with Crippen molar-refractivity contribution in [2.24, 2.45) is 0 Å². The SMILES string of the molecule is CCCCc1cc2cc3ccccc3cc2c(-c2ccccc2)c1-c1ccccc1. The quantitative estimate of drug-likeness (QED) is 0.265. The molecule has 30 heavy (non-hydrogen) atoms. The lowest BCUT2D eigenvalue weighted by Gasteiger charge is -2.20. The molecule has 0 saturated carbocycles. The smallest absolute Gasteiger partial charge is 0.00238 e. The summed E-state index contributed by atoms with van der Waals surface area (Å²) in [6, 6.07) is 37.7. The van der Waals surface area contributed by atoms with Crippen molar-refractivity contribution < 1.29 is 0 Å². The van der Waals surface area contributed by atoms with Gasteiger partial charge in [0.15, 0.2) is 0 Å². The highest BCUT2D eigenvalue weighted by Crippen LogP contribution is 2.42. The molecule has 0 aliphatic carbocycles. The molecule has 0 radical (unpaired) electrons. The van der Waals surface area contributed by atoms with E-state index in [0.717, 1.165) is 6.42 Å². The molecule has 0 amide bonds. The van der Waals surface area contributed by atoms with E-state index in [1.54, 1.807) is 0 Å². The van der Waals surface area contributed by atoms with Gasteiger partial charge in [-0.2, -0.15) is 0 Å². The third-order valence-electron chi connectivity index (χ3n) is 6.01. The second-order valence-electron chi connectivity index (χ2n) is 8.04. The molecule has 0 aromatic heterocycles. The second-order valence-corrected chi connectivity index (χ2v) is 8.04. The normalized spacial score (nSPS) is 11.2. The fourth-order valence-corrected chi connectivity index (χ4v) is 4.55. The molecule has 0 heterocycles. The standard InChI is InChI=1S/C30H26/c1-2-3-12-26-20-27-19-24-17-10-11-18-25(24)21-28(27)30(23-15-8-5-9-16-23)29(26)22-13-6-4-7-14-22/h4-11,13-21H,2-3,12H2,1H3. The Hall–Kier alpha value is -3.38. The van der Waals surface area contributed by atoms with Crippen LogP contribution in [-0.2, 0) is 6.42 Å². The number of benzene rings is 5. The van der Waals surface area contributed by atoms with E-state index >= 15 is 0 Å². The largest absolute Gasteiger partial charge is 0.0654 e. The van der Waals surface area contributed by atoms with Crippen molar-refractivity contribution in [2.75, 3.05) is 0 Å². The van der Waals surface area contributed by atoms with Gasteiger partial charge in [0.1, 0.15) is 0 Å². The van der Waals surface area contributed by atoms with E-state index < -0.39 is 0 Å². The van der Waals surface area contributed by atoms with Crippen LogP contribution in [0.1, 0.15) is 25.3 Å². The lowest BCUT2D eigenvalue weighted by atomic mass is 9.84. The molecule has 0 saturated heterocycles. The van der Waals surface area contributed by atoms with Crippen molar-refractivity contribution in [3.05, 3.63) is 109 Å². The molecule has 0 nitrogen and oxygen atoms in total. The van der Waals surface area contributed by atoms with Crippen LogP contribution in [0, 0.1) is 0 Å². The molecule has 0 N–H and O–H groups in total. The summed E-state index contributed by atoms with van der Waals surface area (Å²) in [5.41, 5.74) is 6.78. The predicted octanol–water partition coefficient (Wildman–Crippen LogP) is 8.67. The molecule has 0 bridgehead atoms. The van der Waals surface area contributed by atoms with Crippen LogP contribution in [-0.4, -0.2) is 0 Å². The van der Waals surface area contributed by atoms with Crippen LogP contribution in [0.15, 0.2) is 103 Å². The number of aryl methyl sites for hydroxylation is 1. The first-order chi connectivity index (χ1) is 14.8. The van der Waals surface area contributed by atoms with Crippen LogP contribution in [0.3, 0.4) is 0 Å². The van der Waals surface area contributed by atoms with Gasteiger partial charge in [-0.25, -0.2) is 0 Å². The lowest BCUT2D eigenvalue weighted by molar-refractivity contribution is 0.797. The molecule has 0 aliphatic rings. The Balaban J connectivity index is 1.93. The van der Waals surface area contributed by atoms with Gasteiger partial charge in [0.05, 0.1) is 0 Å². The second kappa shape index (κ2) is 8.16. The van der Waals surface area contributed by atoms with Gasteiger partial charge in [-0.05, 0) is 74.3 Å². The highest BCUT2D eigenvalue weighted by Gasteiger charge is 2.17. The summed E-state index contributed by atoms with van der Waals surface area (Å²) in [7, 11) is 0. The van der Waals surface area contributed by atoms with Crippen LogP contribution in [0.25, 0.3) is 43.8 Å². The van der Waals surface area contributed by atoms with Crippen LogP contribution in [0.5, 0.6) is 0 Å². The highest BCUT2D eigenvalue weighted by molar-refractivity contribution is 6.10. The maximum atomic E-state index is 2.44. The van der Waals surface area contributed by atoms with E-state index in [9.17, 15) is 0 Å². The minimum Gasteiger partial charge on any atom is -0.0654 e. The van der Waals surface area contributed by atoms with Gasteiger partial charge in [0.25, 0.3) is 0 Å². The first-order valence-electron chi connectivity index (χ1n) is 10.9. The molecule has 0 heteroatoms. The van der Waals surface area contributed by atoms with Crippen molar-refractivity contribution in [3.8, 4) is 22.3 Å². The average molecular weight is 387 g/mol. The molecule has 0 atom stereocenters. The number of hydrogen-bond acceptors (Lipinski definition) is 0. The maximum absolute atomic E-state index is 2.44. The third-order valence-corrected chi connectivity index (χ3v) is 6.01. The fourth-order valence-electron chi connectivity index (χ4n) is 4.55. The zero-order chi connectivity index (χ0) is 20.3. The van der Waals surface area contributed by atoms with Crippen LogP contribution >= 0.6 is 0 Å². The Kier molecular flexibility index (Phi) is 5.07. The first kappa shape index (κ1) is 18.6. The average Bonchev–Trinajstić information content (AvgIpc) is 2.81. The molecule has 0 aliphatic heterocycles. The number of rotatable bonds is 5. The number of hydrogen-bond donors (Lipinski definition) is 0. The van der Waals surface area contributed by atoms with Crippen LogP contribution in [0.4, 0.5) is 0 Å². The zero-order valence-corrected chi connectivity index (χ0v) is 17.4. The van der Waals surface area contributed by atoms with Gasteiger partial charge in [-0.1, -0.05) is 104 Å². The van der Waals surface area contributed by atoms with E-state index in [2.05, 4.69) is 110 Å². The van der Waals surface area contributed by atoms with Gasteiger partial charge in [0, 0.05) is 0 Å². The van der Waals surface area contributed by atoms with Gasteiger partial charge in [0.2, 0.25) is 0 Å².